The molecule has 0 fully saturated rings. The molecule has 0 heterocycles. The van der Waals surface area contributed by atoms with Crippen molar-refractivity contribution in [1.29, 1.82) is 0 Å². The van der Waals surface area contributed by atoms with Gasteiger partial charge >= 0.3 is 30.2 Å². The van der Waals surface area contributed by atoms with Crippen LogP contribution < -0.4 is 0 Å². The predicted octanol–water partition coefficient (Wildman–Crippen LogP) is 12.2. The van der Waals surface area contributed by atoms with Crippen LogP contribution in [-0.2, 0) is 23.3 Å². The van der Waals surface area contributed by atoms with Gasteiger partial charge in [0.25, 0.3) is 0 Å². The van der Waals surface area contributed by atoms with Gasteiger partial charge in [0.15, 0.2) is 0 Å². The average Bonchev–Trinajstić information content (AvgIpc) is 3.56. The van der Waals surface area contributed by atoms with Crippen LogP contribution in [-0.4, -0.2) is 6.88 Å². The normalized spacial score (nSPS) is 9.72. The van der Waals surface area contributed by atoms with Gasteiger partial charge in [-0.2, -0.15) is 12.1 Å². The zero-order valence-electron chi connectivity index (χ0n) is 26.7. The molecule has 0 aromatic heterocycles. The molecule has 0 spiro atoms. The van der Waals surface area contributed by atoms with E-state index in [1.165, 1.54) is 95.0 Å². The van der Waals surface area contributed by atoms with Crippen molar-refractivity contribution < 1.29 is 23.3 Å². The molecule has 0 unspecified atom stereocenters. The van der Waals surface area contributed by atoms with Gasteiger partial charge in [-0.15, -0.1) is 93.4 Å². The molecule has 0 atom stereocenters. The first-order chi connectivity index (χ1) is 18.8. The Balaban J connectivity index is 0.000000714. The molecule has 6 aromatic rings. The summed E-state index contributed by atoms with van der Waals surface area (Å²) in [6, 6.07) is 37.5. The number of fused-ring (bicyclic) bond motifs is 2. The molecular formula is C39H44Cl2SiZr-4. The Morgan fingerprint density at radius 1 is 0.558 bits per heavy atom. The summed E-state index contributed by atoms with van der Waals surface area (Å²) in [5.74, 6) is 0.581. The molecule has 6 aromatic carbocycles. The standard InChI is InChI=1S/C19H19.C18H17.2CH3.2ClH.Si.Zr/c1-13(2)16-11-15-8-6-10-18(19(15)12-16)17-9-5-4-7-14(17)3;1-12-10-17-14(3)8-9-16(18(17)11-12)15-7-5-4-6-13(15)2;;;;;;/h4-13H,1-3H3;4-11H,1-3H3;2*1H3;2*1H;;/q4*-1;;;;. The third-order valence-corrected chi connectivity index (χ3v) is 7.56. The van der Waals surface area contributed by atoms with Gasteiger partial charge in [0.05, 0.1) is 0 Å². The molecule has 2 radical (unpaired) electrons. The molecule has 0 bridgehead atoms. The van der Waals surface area contributed by atoms with Crippen LogP contribution in [0.4, 0.5) is 0 Å². The molecule has 4 heteroatoms. The van der Waals surface area contributed by atoms with E-state index in [0.717, 1.165) is 0 Å². The Hall–Kier alpha value is -2.22. The van der Waals surface area contributed by atoms with Crippen molar-refractivity contribution in [3.8, 4) is 22.3 Å². The van der Waals surface area contributed by atoms with Crippen molar-refractivity contribution in [3.63, 3.8) is 0 Å². The van der Waals surface area contributed by atoms with Crippen LogP contribution >= 0.6 is 24.8 Å². The van der Waals surface area contributed by atoms with E-state index in [-0.39, 0.29) is 39.7 Å². The summed E-state index contributed by atoms with van der Waals surface area (Å²) in [4.78, 5) is 0. The molecule has 0 aliphatic carbocycles. The summed E-state index contributed by atoms with van der Waals surface area (Å²) in [6.07, 6.45) is 0. The molecule has 0 saturated carbocycles. The number of rotatable bonds is 3. The molecule has 226 valence electrons. The van der Waals surface area contributed by atoms with Crippen molar-refractivity contribution in [2.45, 2.75) is 47.5 Å². The Morgan fingerprint density at radius 2 is 1.07 bits per heavy atom. The van der Waals surface area contributed by atoms with Crippen LogP contribution in [0.2, 0.25) is 0 Å². The molecule has 0 amide bonds. The summed E-state index contributed by atoms with van der Waals surface area (Å²) >= 11 is 1.36. The minimum atomic E-state index is 0. The Labute approximate surface area is 290 Å². The summed E-state index contributed by atoms with van der Waals surface area (Å²) in [7, 11) is 0. The molecule has 0 aliphatic rings. The van der Waals surface area contributed by atoms with Crippen LogP contribution in [0.3, 0.4) is 0 Å². The second-order valence-electron chi connectivity index (χ2n) is 10.7. The first kappa shape index (κ1) is 40.8. The van der Waals surface area contributed by atoms with E-state index < -0.39 is 0 Å². The van der Waals surface area contributed by atoms with Gasteiger partial charge in [-0.1, -0.05) is 99.5 Å². The third-order valence-electron chi connectivity index (χ3n) is 7.56. The van der Waals surface area contributed by atoms with E-state index in [1.54, 1.807) is 0 Å². The zero-order valence-corrected chi connectivity index (χ0v) is 31.8. The maximum absolute atomic E-state index is 3.06. The van der Waals surface area contributed by atoms with Crippen LogP contribution in [0.1, 0.15) is 47.6 Å². The average molecular weight is 703 g/mol. The minimum absolute atomic E-state index is 0. The molecular weight excluding hydrogens is 659 g/mol. The first-order valence-electron chi connectivity index (χ1n) is 13.6. The number of halogens is 2. The van der Waals surface area contributed by atoms with E-state index in [2.05, 4.69) is 152 Å². The number of benzene rings is 4. The first-order valence-corrected chi connectivity index (χ1v) is 17.7. The molecule has 0 saturated heterocycles. The fraction of sp³-hybridized carbons (Fsp3) is 0.179. The number of aryl methyl sites for hydroxylation is 4. The van der Waals surface area contributed by atoms with Crippen molar-refractivity contribution in [1.82, 2.24) is 0 Å². The van der Waals surface area contributed by atoms with Crippen LogP contribution in [0.5, 0.6) is 0 Å². The quantitative estimate of drug-likeness (QED) is 0.127. The fourth-order valence-electron chi connectivity index (χ4n) is 5.40. The third kappa shape index (κ3) is 9.15. The summed E-state index contributed by atoms with van der Waals surface area (Å²) < 4.78 is 0. The Kier molecular flexibility index (Phi) is 17.6. The molecule has 0 aliphatic heterocycles. The van der Waals surface area contributed by atoms with Gasteiger partial charge in [0, 0.05) is 0 Å². The fourth-order valence-corrected chi connectivity index (χ4v) is 5.40. The second kappa shape index (κ2) is 18.6. The van der Waals surface area contributed by atoms with Crippen molar-refractivity contribution >= 4 is 53.2 Å². The summed E-state index contributed by atoms with van der Waals surface area (Å²) in [6.45, 7) is 16.3. The van der Waals surface area contributed by atoms with E-state index in [4.69, 9.17) is 0 Å². The van der Waals surface area contributed by atoms with Gasteiger partial charge in [-0.25, -0.2) is 0 Å². The van der Waals surface area contributed by atoms with Crippen LogP contribution in [0.15, 0.2) is 103 Å². The SMILES string of the molecule is Cc1cc2c(-c3ccccc3C)ccc(C)c2[cH-]1.Cc1ccccc1-c1cccc2[cH-]c(C(C)C)cc12.Cl.Cl.[CH3-].[CH3-].[Si]=[Zr]. The topological polar surface area (TPSA) is 0 Å². The van der Waals surface area contributed by atoms with Gasteiger partial charge in [0.1, 0.15) is 0 Å². The molecule has 0 nitrogen and oxygen atoms in total. The number of hydrogen-bond donors (Lipinski definition) is 0. The monoisotopic (exact) mass is 700 g/mol. The van der Waals surface area contributed by atoms with Crippen molar-refractivity contribution in [2.24, 2.45) is 0 Å². The molecule has 43 heavy (non-hydrogen) atoms. The summed E-state index contributed by atoms with van der Waals surface area (Å²) in [5.41, 5.74) is 12.2. The Bertz CT molecular complexity index is 1720. The van der Waals surface area contributed by atoms with Crippen molar-refractivity contribution in [3.05, 3.63) is 146 Å². The van der Waals surface area contributed by atoms with Crippen LogP contribution in [0.25, 0.3) is 43.8 Å². The maximum atomic E-state index is 3.06. The van der Waals surface area contributed by atoms with Gasteiger partial charge < -0.3 is 14.9 Å². The van der Waals surface area contributed by atoms with E-state index in [9.17, 15) is 0 Å². The summed E-state index contributed by atoms with van der Waals surface area (Å²) in [5, 5.41) is 5.49. The zero-order chi connectivity index (χ0) is 28.1. The Morgan fingerprint density at radius 3 is 1.60 bits per heavy atom. The number of hydrogen-bond acceptors (Lipinski definition) is 0. The molecule has 6 rings (SSSR count). The van der Waals surface area contributed by atoms with Gasteiger partial charge in [0.2, 0.25) is 0 Å². The van der Waals surface area contributed by atoms with Gasteiger partial charge in [-0.05, 0) is 42.0 Å². The molecule has 0 N–H and O–H groups in total. The van der Waals surface area contributed by atoms with Gasteiger partial charge in [-0.3, -0.25) is 0 Å². The van der Waals surface area contributed by atoms with Crippen LogP contribution in [0, 0.1) is 42.5 Å². The second-order valence-corrected chi connectivity index (χ2v) is 10.7. The predicted molar refractivity (Wildman–Crippen MR) is 196 cm³/mol. The van der Waals surface area contributed by atoms with Crippen molar-refractivity contribution in [2.75, 3.05) is 0 Å². The van der Waals surface area contributed by atoms with E-state index in [0.29, 0.717) is 5.92 Å². The van der Waals surface area contributed by atoms with E-state index in [1.807, 2.05) is 0 Å². The van der Waals surface area contributed by atoms with E-state index >= 15 is 0 Å².